The van der Waals surface area contributed by atoms with Crippen LogP contribution in [-0.2, 0) is 9.47 Å². The lowest BCUT2D eigenvalue weighted by Gasteiger charge is -2.04. The van der Waals surface area contributed by atoms with Crippen molar-refractivity contribution >= 4 is 73.8 Å². The van der Waals surface area contributed by atoms with Crippen molar-refractivity contribution in [2.24, 2.45) is 20.5 Å². The summed E-state index contributed by atoms with van der Waals surface area (Å²) in [4.78, 5) is 22.6. The molecule has 254 valence electrons. The van der Waals surface area contributed by atoms with Crippen molar-refractivity contribution in [1.82, 2.24) is 0 Å². The van der Waals surface area contributed by atoms with Gasteiger partial charge in [-0.1, -0.05) is 15.9 Å². The third-order valence-electron chi connectivity index (χ3n) is 5.89. The third kappa shape index (κ3) is 16.0. The van der Waals surface area contributed by atoms with Gasteiger partial charge in [0, 0.05) is 17.1 Å². The van der Waals surface area contributed by atoms with Gasteiger partial charge in [-0.2, -0.15) is 20.5 Å². The Labute approximate surface area is 298 Å². The van der Waals surface area contributed by atoms with E-state index in [1.54, 1.807) is 60.7 Å². The van der Waals surface area contributed by atoms with Crippen LogP contribution in [0.2, 0.25) is 0 Å². The van der Waals surface area contributed by atoms with E-state index >= 15 is 0 Å². The Balaban J connectivity index is 0.000000289. The zero-order valence-electron chi connectivity index (χ0n) is 26.6. The number of rotatable bonds is 13. The van der Waals surface area contributed by atoms with E-state index in [0.29, 0.717) is 46.4 Å². The number of hydrogen-bond acceptors (Lipinski definition) is 10. The predicted octanol–water partition coefficient (Wildman–Crippen LogP) is 10.9. The maximum atomic E-state index is 11.3. The van der Waals surface area contributed by atoms with Crippen LogP contribution in [0, 0.1) is 0 Å². The molecule has 0 heterocycles. The number of carbonyl (C=O) groups is 2. The van der Waals surface area contributed by atoms with E-state index in [9.17, 15) is 9.59 Å². The number of esters is 2. The second kappa shape index (κ2) is 23.9. The first-order valence-electron chi connectivity index (χ1n) is 14.7. The first-order chi connectivity index (χ1) is 23.3. The number of halogens is 3. The zero-order valence-corrected chi connectivity index (χ0v) is 29.7. The van der Waals surface area contributed by atoms with Gasteiger partial charge < -0.3 is 19.3 Å². The summed E-state index contributed by atoms with van der Waals surface area (Å²) < 4.78 is 14.7. The lowest BCUT2D eigenvalue weighted by atomic mass is 10.2. The van der Waals surface area contributed by atoms with Crippen molar-refractivity contribution in [1.29, 1.82) is 0 Å². The molecule has 0 radical (unpaired) electrons. The Kier molecular flexibility index (Phi) is 19.9. The summed E-state index contributed by atoms with van der Waals surface area (Å²) in [6.07, 6.45) is 3.14. The zero-order chi connectivity index (χ0) is 35.0. The minimum atomic E-state index is -0.387. The summed E-state index contributed by atoms with van der Waals surface area (Å²) in [5, 5.41) is 26.5. The summed E-state index contributed by atoms with van der Waals surface area (Å²) >= 11 is 14.2. The fourth-order valence-electron chi connectivity index (χ4n) is 3.36. The molecule has 0 saturated carbocycles. The van der Waals surface area contributed by atoms with Crippen molar-refractivity contribution in [3.63, 3.8) is 0 Å². The van der Waals surface area contributed by atoms with E-state index < -0.39 is 0 Å². The van der Waals surface area contributed by atoms with Crippen LogP contribution >= 0.6 is 39.1 Å². The van der Waals surface area contributed by atoms with Crippen LogP contribution < -0.4 is 4.74 Å². The van der Waals surface area contributed by atoms with Gasteiger partial charge in [-0.25, -0.2) is 9.59 Å². The van der Waals surface area contributed by atoms with Crippen molar-refractivity contribution in [3.8, 4) is 11.5 Å². The van der Waals surface area contributed by atoms with E-state index in [0.717, 1.165) is 29.8 Å². The Morgan fingerprint density at radius 3 is 1.31 bits per heavy atom. The lowest BCUT2D eigenvalue weighted by molar-refractivity contribution is 0.0592. The average Bonchev–Trinajstić information content (AvgIpc) is 3.14. The Morgan fingerprint density at radius 2 is 0.979 bits per heavy atom. The van der Waals surface area contributed by atoms with Crippen molar-refractivity contribution in [2.45, 2.75) is 19.3 Å². The number of nitrogens with zero attached hydrogens (tertiary/aromatic N) is 4. The highest BCUT2D eigenvalue weighted by atomic mass is 79.9. The standard InChI is InChI=1S/C17H17ClN2O3.C14H12N2O3.C4H8BrCl/c1-22-17(21)13-3-5-14(6-4-13)19-20-15-7-9-16(10-8-15)23-12-2-11-18;1-19-14(18)10-2-4-11(5-3-10)15-16-12-6-8-13(17)9-7-12;5-3-1-2-4-6/h3-10H,2,11-12H2,1H3;2-9,17H,1H3;1-4H2. The van der Waals surface area contributed by atoms with Crippen LogP contribution in [0.25, 0.3) is 0 Å². The molecule has 0 fully saturated rings. The Morgan fingerprint density at radius 1 is 0.604 bits per heavy atom. The minimum absolute atomic E-state index is 0.182. The number of azo groups is 2. The topological polar surface area (TPSA) is 132 Å². The summed E-state index contributed by atoms with van der Waals surface area (Å²) in [5.74, 6) is 1.57. The van der Waals surface area contributed by atoms with E-state index in [4.69, 9.17) is 33.0 Å². The van der Waals surface area contributed by atoms with E-state index in [1.807, 2.05) is 24.3 Å². The second-order valence-electron chi connectivity index (χ2n) is 9.46. The number of phenolic OH excluding ortho intramolecular Hbond substituents is 1. The van der Waals surface area contributed by atoms with Crippen LogP contribution in [0.3, 0.4) is 0 Å². The molecule has 1 N–H and O–H groups in total. The number of alkyl halides is 3. The number of carbonyl (C=O) groups excluding carboxylic acids is 2. The highest BCUT2D eigenvalue weighted by Gasteiger charge is 2.05. The monoisotopic (exact) mass is 758 g/mol. The molecule has 0 aliphatic heterocycles. The van der Waals surface area contributed by atoms with Crippen LogP contribution in [0.4, 0.5) is 22.7 Å². The van der Waals surface area contributed by atoms with Gasteiger partial charge in [-0.05, 0) is 116 Å². The summed E-state index contributed by atoms with van der Waals surface area (Å²) in [6, 6.07) is 27.0. The van der Waals surface area contributed by atoms with Gasteiger partial charge in [0.2, 0.25) is 0 Å². The summed E-state index contributed by atoms with van der Waals surface area (Å²) in [6.45, 7) is 0.594. The molecule has 0 bridgehead atoms. The van der Waals surface area contributed by atoms with Crippen LogP contribution in [0.5, 0.6) is 11.5 Å². The van der Waals surface area contributed by atoms with Gasteiger partial charge in [-0.3, -0.25) is 0 Å². The second-order valence-corrected chi connectivity index (χ2v) is 11.0. The first-order valence-corrected chi connectivity index (χ1v) is 16.9. The molecule has 48 heavy (non-hydrogen) atoms. The molecule has 0 aliphatic rings. The number of unbranched alkanes of at least 4 members (excludes halogenated alkanes) is 1. The molecule has 0 saturated heterocycles. The molecule has 4 aromatic carbocycles. The maximum absolute atomic E-state index is 11.3. The summed E-state index contributed by atoms with van der Waals surface area (Å²) in [7, 11) is 2.68. The van der Waals surface area contributed by atoms with Crippen LogP contribution in [0.1, 0.15) is 40.0 Å². The smallest absolute Gasteiger partial charge is 0.337 e. The van der Waals surface area contributed by atoms with Gasteiger partial charge in [0.1, 0.15) is 11.5 Å². The number of hydrogen-bond donors (Lipinski definition) is 1. The number of phenols is 1. The molecule has 0 aromatic heterocycles. The molecule has 10 nitrogen and oxygen atoms in total. The largest absolute Gasteiger partial charge is 0.508 e. The SMILES string of the molecule is COC(=O)c1ccc(N=Nc2ccc(O)cc2)cc1.COC(=O)c1ccc(N=Nc2ccc(OCCCCl)cc2)cc1.ClCCCCBr. The van der Waals surface area contributed by atoms with Gasteiger partial charge in [0.25, 0.3) is 0 Å². The highest BCUT2D eigenvalue weighted by molar-refractivity contribution is 9.09. The molecule has 0 amide bonds. The normalized spacial score (nSPS) is 10.4. The lowest BCUT2D eigenvalue weighted by Crippen LogP contribution is -1.99. The molecule has 4 aromatic rings. The summed E-state index contributed by atoms with van der Waals surface area (Å²) in [5.41, 5.74) is 3.57. The molecule has 0 aliphatic carbocycles. The average molecular weight is 761 g/mol. The number of methoxy groups -OCH3 is 2. The number of ether oxygens (including phenoxy) is 3. The molecule has 13 heteroatoms. The fraction of sp³-hybridized carbons (Fsp3) is 0.257. The predicted molar refractivity (Wildman–Crippen MR) is 193 cm³/mol. The van der Waals surface area contributed by atoms with Crippen molar-refractivity contribution in [3.05, 3.63) is 108 Å². The Bertz CT molecular complexity index is 1550. The third-order valence-corrected chi connectivity index (χ3v) is 6.98. The minimum Gasteiger partial charge on any atom is -0.508 e. The van der Waals surface area contributed by atoms with E-state index in [2.05, 4.69) is 45.9 Å². The van der Waals surface area contributed by atoms with Crippen LogP contribution in [0.15, 0.2) is 118 Å². The quantitative estimate of drug-likeness (QED) is 0.0624. The maximum Gasteiger partial charge on any atom is 0.337 e. The first kappa shape index (κ1) is 39.9. The molecule has 0 spiro atoms. The number of benzene rings is 4. The molecular weight excluding hydrogens is 723 g/mol. The highest BCUT2D eigenvalue weighted by Crippen LogP contribution is 2.23. The van der Waals surface area contributed by atoms with Gasteiger partial charge in [-0.15, -0.1) is 23.2 Å². The molecular formula is C35H37BrCl2N4O6. The van der Waals surface area contributed by atoms with E-state index in [1.165, 1.54) is 32.8 Å². The Hall–Kier alpha value is -4.32. The molecule has 4 rings (SSSR count). The van der Waals surface area contributed by atoms with Gasteiger partial charge in [0.05, 0.1) is 54.7 Å². The van der Waals surface area contributed by atoms with Crippen LogP contribution in [-0.4, -0.2) is 55.0 Å². The molecule has 0 atom stereocenters. The van der Waals surface area contributed by atoms with Crippen molar-refractivity contribution < 1.29 is 28.9 Å². The molecule has 0 unspecified atom stereocenters. The number of aromatic hydroxyl groups is 1. The van der Waals surface area contributed by atoms with E-state index in [-0.39, 0.29) is 17.7 Å². The van der Waals surface area contributed by atoms with Gasteiger partial charge in [0.15, 0.2) is 0 Å². The van der Waals surface area contributed by atoms with Crippen molar-refractivity contribution in [2.75, 3.05) is 37.9 Å². The fourth-order valence-corrected chi connectivity index (χ4v) is 4.05. The van der Waals surface area contributed by atoms with Gasteiger partial charge >= 0.3 is 11.9 Å².